The van der Waals surface area contributed by atoms with Crippen LogP contribution < -0.4 is 9.86 Å². The van der Waals surface area contributed by atoms with Crippen LogP contribution in [0.4, 0.5) is 5.69 Å². The molecule has 0 radical (unpaired) electrons. The fourth-order valence-corrected chi connectivity index (χ4v) is 4.05. The second-order valence-corrected chi connectivity index (χ2v) is 8.24. The standard InChI is InChI=1S/C15H13N3O4S2/c16-23(19,20)13-6-4-12(5-7-13)18-24(21,22)15-3-1-2-11-10-17-9-8-14(11)15/h1-10,18H,(H2,16,19,20). The number of nitrogens with one attached hydrogen (secondary N) is 1. The normalized spacial score (nSPS) is 12.2. The summed E-state index contributed by atoms with van der Waals surface area (Å²) in [5, 5.41) is 6.26. The van der Waals surface area contributed by atoms with E-state index in [0.29, 0.717) is 10.8 Å². The van der Waals surface area contributed by atoms with E-state index in [0.717, 1.165) is 0 Å². The molecule has 0 amide bonds. The second-order valence-electron chi connectivity index (χ2n) is 5.03. The minimum absolute atomic E-state index is 0.0957. The van der Waals surface area contributed by atoms with Gasteiger partial charge in [0.25, 0.3) is 10.0 Å². The van der Waals surface area contributed by atoms with Gasteiger partial charge < -0.3 is 0 Å². The monoisotopic (exact) mass is 363 g/mol. The molecule has 0 bridgehead atoms. The highest BCUT2D eigenvalue weighted by atomic mass is 32.2. The lowest BCUT2D eigenvalue weighted by Crippen LogP contribution is -2.14. The maximum Gasteiger partial charge on any atom is 0.262 e. The van der Waals surface area contributed by atoms with E-state index in [9.17, 15) is 16.8 Å². The number of benzene rings is 2. The van der Waals surface area contributed by atoms with Gasteiger partial charge >= 0.3 is 0 Å². The number of nitrogens with two attached hydrogens (primary N) is 1. The Kier molecular flexibility index (Phi) is 3.99. The molecular weight excluding hydrogens is 350 g/mol. The first-order chi connectivity index (χ1) is 11.3. The number of hydrogen-bond donors (Lipinski definition) is 2. The second kappa shape index (κ2) is 5.86. The zero-order chi connectivity index (χ0) is 17.4. The van der Waals surface area contributed by atoms with Crippen LogP contribution in [-0.4, -0.2) is 21.8 Å². The van der Waals surface area contributed by atoms with E-state index in [1.165, 1.54) is 36.5 Å². The molecule has 124 valence electrons. The summed E-state index contributed by atoms with van der Waals surface area (Å²) in [5.41, 5.74) is 0.230. The number of nitrogens with zero attached hydrogens (tertiary/aromatic N) is 1. The minimum atomic E-state index is -3.85. The summed E-state index contributed by atoms with van der Waals surface area (Å²) in [7, 11) is -7.68. The summed E-state index contributed by atoms with van der Waals surface area (Å²) in [5.74, 6) is 0. The van der Waals surface area contributed by atoms with E-state index in [4.69, 9.17) is 5.14 Å². The van der Waals surface area contributed by atoms with Gasteiger partial charge in [-0.1, -0.05) is 12.1 Å². The van der Waals surface area contributed by atoms with Crippen molar-refractivity contribution in [3.63, 3.8) is 0 Å². The van der Waals surface area contributed by atoms with Crippen molar-refractivity contribution in [3.8, 4) is 0 Å². The average molecular weight is 363 g/mol. The first-order valence-corrected chi connectivity index (χ1v) is 9.79. The third-order valence-electron chi connectivity index (χ3n) is 3.37. The molecule has 0 fully saturated rings. The highest BCUT2D eigenvalue weighted by Gasteiger charge is 2.17. The number of aromatic nitrogens is 1. The lowest BCUT2D eigenvalue weighted by Gasteiger charge is -2.10. The van der Waals surface area contributed by atoms with Gasteiger partial charge in [-0.25, -0.2) is 22.0 Å². The van der Waals surface area contributed by atoms with Crippen LogP contribution >= 0.6 is 0 Å². The summed E-state index contributed by atoms with van der Waals surface area (Å²) >= 11 is 0. The number of primary sulfonamides is 1. The Balaban J connectivity index is 1.99. The molecule has 0 aliphatic rings. The van der Waals surface area contributed by atoms with Crippen LogP contribution in [0, 0.1) is 0 Å². The summed E-state index contributed by atoms with van der Waals surface area (Å²) < 4.78 is 50.1. The molecule has 24 heavy (non-hydrogen) atoms. The maximum absolute atomic E-state index is 12.6. The van der Waals surface area contributed by atoms with Gasteiger partial charge in [0.15, 0.2) is 0 Å². The van der Waals surface area contributed by atoms with E-state index in [-0.39, 0.29) is 15.5 Å². The first-order valence-electron chi connectivity index (χ1n) is 6.76. The molecular formula is C15H13N3O4S2. The van der Waals surface area contributed by atoms with Crippen LogP contribution in [0.1, 0.15) is 0 Å². The van der Waals surface area contributed by atoms with Crippen molar-refractivity contribution >= 4 is 36.5 Å². The third-order valence-corrected chi connectivity index (χ3v) is 5.73. The molecule has 9 heteroatoms. The van der Waals surface area contributed by atoms with Crippen molar-refractivity contribution in [1.82, 2.24) is 4.98 Å². The molecule has 0 spiro atoms. The summed E-state index contributed by atoms with van der Waals surface area (Å²) in [6.45, 7) is 0. The van der Waals surface area contributed by atoms with Crippen LogP contribution in [0.15, 0.2) is 70.7 Å². The first kappa shape index (κ1) is 16.4. The molecule has 0 aliphatic heterocycles. The molecule has 3 rings (SSSR count). The van der Waals surface area contributed by atoms with Crippen molar-refractivity contribution in [2.75, 3.05) is 4.72 Å². The lowest BCUT2D eigenvalue weighted by atomic mass is 10.2. The number of sulfonamides is 2. The molecule has 0 saturated carbocycles. The minimum Gasteiger partial charge on any atom is -0.280 e. The van der Waals surface area contributed by atoms with Crippen molar-refractivity contribution in [3.05, 3.63) is 60.9 Å². The predicted octanol–water partition coefficient (Wildman–Crippen LogP) is 1.68. The van der Waals surface area contributed by atoms with Gasteiger partial charge in [0.1, 0.15) is 0 Å². The van der Waals surface area contributed by atoms with Crippen LogP contribution in [0.3, 0.4) is 0 Å². The predicted molar refractivity (Wildman–Crippen MR) is 90.4 cm³/mol. The molecule has 0 atom stereocenters. The van der Waals surface area contributed by atoms with Gasteiger partial charge in [-0.05, 0) is 36.4 Å². The zero-order valence-corrected chi connectivity index (χ0v) is 13.9. The summed E-state index contributed by atoms with van der Waals surface area (Å²) in [6.07, 6.45) is 3.09. The Labute approximate surface area is 139 Å². The van der Waals surface area contributed by atoms with Crippen LogP contribution in [0.5, 0.6) is 0 Å². The highest BCUT2D eigenvalue weighted by molar-refractivity contribution is 7.93. The number of anilines is 1. The lowest BCUT2D eigenvalue weighted by molar-refractivity contribution is 0.597. The van der Waals surface area contributed by atoms with Gasteiger partial charge in [-0.2, -0.15) is 0 Å². The molecule has 1 aromatic heterocycles. The number of fused-ring (bicyclic) bond motifs is 1. The van der Waals surface area contributed by atoms with Crippen molar-refractivity contribution in [1.29, 1.82) is 0 Å². The molecule has 0 saturated heterocycles. The Bertz CT molecular complexity index is 1100. The molecule has 7 nitrogen and oxygen atoms in total. The summed E-state index contributed by atoms with van der Waals surface area (Å²) in [6, 6.07) is 11.6. The van der Waals surface area contributed by atoms with Gasteiger partial charge in [-0.15, -0.1) is 0 Å². The SMILES string of the molecule is NS(=O)(=O)c1ccc(NS(=O)(=O)c2cccc3cnccc23)cc1. The van der Waals surface area contributed by atoms with E-state index in [1.807, 2.05) is 0 Å². The number of hydrogen-bond acceptors (Lipinski definition) is 5. The van der Waals surface area contributed by atoms with Crippen molar-refractivity contribution in [2.45, 2.75) is 9.79 Å². The van der Waals surface area contributed by atoms with Crippen molar-refractivity contribution in [2.24, 2.45) is 5.14 Å². The van der Waals surface area contributed by atoms with Gasteiger partial charge in [-0.3, -0.25) is 9.71 Å². The van der Waals surface area contributed by atoms with E-state index in [2.05, 4.69) is 9.71 Å². The summed E-state index contributed by atoms with van der Waals surface area (Å²) in [4.78, 5) is 3.98. The van der Waals surface area contributed by atoms with Crippen LogP contribution in [-0.2, 0) is 20.0 Å². The van der Waals surface area contributed by atoms with E-state index in [1.54, 1.807) is 24.4 Å². The topological polar surface area (TPSA) is 119 Å². The fraction of sp³-hybridized carbons (Fsp3) is 0. The Morgan fingerprint density at radius 2 is 1.62 bits per heavy atom. The number of pyridine rings is 1. The fourth-order valence-electron chi connectivity index (χ4n) is 2.25. The average Bonchev–Trinajstić information content (AvgIpc) is 2.53. The Hall–Kier alpha value is -2.49. The zero-order valence-electron chi connectivity index (χ0n) is 12.2. The molecule has 2 aromatic carbocycles. The maximum atomic E-state index is 12.6. The van der Waals surface area contributed by atoms with Crippen molar-refractivity contribution < 1.29 is 16.8 Å². The molecule has 1 heterocycles. The van der Waals surface area contributed by atoms with Crippen LogP contribution in [0.25, 0.3) is 10.8 Å². The quantitative estimate of drug-likeness (QED) is 0.731. The largest absolute Gasteiger partial charge is 0.280 e. The van der Waals surface area contributed by atoms with E-state index < -0.39 is 20.0 Å². The van der Waals surface area contributed by atoms with Gasteiger partial charge in [0, 0.05) is 28.9 Å². The van der Waals surface area contributed by atoms with Gasteiger partial charge in [0.2, 0.25) is 10.0 Å². The molecule has 3 aromatic rings. The Morgan fingerprint density at radius 1 is 0.917 bits per heavy atom. The highest BCUT2D eigenvalue weighted by Crippen LogP contribution is 2.24. The number of rotatable bonds is 4. The van der Waals surface area contributed by atoms with E-state index >= 15 is 0 Å². The molecule has 3 N–H and O–H groups in total. The van der Waals surface area contributed by atoms with Crippen LogP contribution in [0.2, 0.25) is 0 Å². The molecule has 0 unspecified atom stereocenters. The molecule has 0 aliphatic carbocycles. The van der Waals surface area contributed by atoms with Gasteiger partial charge in [0.05, 0.1) is 9.79 Å². The smallest absolute Gasteiger partial charge is 0.262 e. The third kappa shape index (κ3) is 3.23. The Morgan fingerprint density at radius 3 is 2.29 bits per heavy atom.